The number of amides is 2. The Labute approximate surface area is 119 Å². The Hall–Kier alpha value is -1.88. The second-order valence-electron chi connectivity index (χ2n) is 4.84. The molecule has 0 aromatic heterocycles. The summed E-state index contributed by atoms with van der Waals surface area (Å²) >= 11 is 0. The van der Waals surface area contributed by atoms with Gasteiger partial charge in [-0.05, 0) is 17.7 Å². The van der Waals surface area contributed by atoms with Gasteiger partial charge in [0.05, 0.1) is 6.61 Å². The van der Waals surface area contributed by atoms with Gasteiger partial charge in [0.2, 0.25) is 5.91 Å². The van der Waals surface area contributed by atoms with E-state index in [0.29, 0.717) is 25.3 Å². The summed E-state index contributed by atoms with van der Waals surface area (Å²) in [6.07, 6.45) is 0. The molecule has 0 aliphatic carbocycles. The highest BCUT2D eigenvalue weighted by Gasteiger charge is 2.07. The van der Waals surface area contributed by atoms with Crippen LogP contribution < -0.4 is 10.6 Å². The highest BCUT2D eigenvalue weighted by atomic mass is 16.5. The smallest absolute Gasteiger partial charge is 0.251 e. The molecule has 2 amide bonds. The molecular weight excluding hydrogens is 256 g/mol. The summed E-state index contributed by atoms with van der Waals surface area (Å²) in [4.78, 5) is 23.3. The van der Waals surface area contributed by atoms with Crippen LogP contribution in [0.3, 0.4) is 0 Å². The van der Waals surface area contributed by atoms with E-state index in [2.05, 4.69) is 10.6 Å². The van der Waals surface area contributed by atoms with Gasteiger partial charge in [-0.2, -0.15) is 0 Å². The van der Waals surface area contributed by atoms with Crippen LogP contribution in [0.25, 0.3) is 0 Å². The van der Waals surface area contributed by atoms with Gasteiger partial charge in [-0.3, -0.25) is 9.59 Å². The van der Waals surface area contributed by atoms with Crippen LogP contribution in [-0.2, 0) is 16.1 Å². The van der Waals surface area contributed by atoms with E-state index in [9.17, 15) is 9.59 Å². The monoisotopic (exact) mass is 278 g/mol. The molecule has 0 heterocycles. The van der Waals surface area contributed by atoms with Crippen molar-refractivity contribution >= 4 is 11.8 Å². The fraction of sp³-hybridized carbons (Fsp3) is 0.467. The van der Waals surface area contributed by atoms with Crippen molar-refractivity contribution in [1.29, 1.82) is 0 Å². The highest BCUT2D eigenvalue weighted by Crippen LogP contribution is 2.06. The number of rotatable bonds is 7. The number of nitrogens with one attached hydrogen (secondary N) is 2. The van der Waals surface area contributed by atoms with Gasteiger partial charge in [-0.25, -0.2) is 0 Å². The molecule has 0 unspecified atom stereocenters. The molecule has 5 heteroatoms. The van der Waals surface area contributed by atoms with Crippen LogP contribution in [0, 0.1) is 5.92 Å². The topological polar surface area (TPSA) is 67.4 Å². The number of hydrogen-bond donors (Lipinski definition) is 2. The highest BCUT2D eigenvalue weighted by molar-refractivity contribution is 5.94. The average Bonchev–Trinajstić information content (AvgIpc) is 2.43. The summed E-state index contributed by atoms with van der Waals surface area (Å²) in [5.74, 6) is -0.209. The van der Waals surface area contributed by atoms with Crippen LogP contribution in [-0.4, -0.2) is 32.0 Å². The lowest BCUT2D eigenvalue weighted by molar-refractivity contribution is -0.123. The zero-order valence-corrected chi connectivity index (χ0v) is 12.2. The van der Waals surface area contributed by atoms with Crippen LogP contribution in [0.15, 0.2) is 24.3 Å². The molecular formula is C15H22N2O3. The second kappa shape index (κ2) is 8.32. The zero-order valence-electron chi connectivity index (χ0n) is 12.2. The van der Waals surface area contributed by atoms with E-state index in [1.165, 1.54) is 0 Å². The molecule has 2 N–H and O–H groups in total. The van der Waals surface area contributed by atoms with Gasteiger partial charge in [0.15, 0.2) is 0 Å². The van der Waals surface area contributed by atoms with Crippen molar-refractivity contribution < 1.29 is 14.3 Å². The summed E-state index contributed by atoms with van der Waals surface area (Å²) < 4.78 is 5.03. The molecule has 0 saturated carbocycles. The van der Waals surface area contributed by atoms with Gasteiger partial charge in [0.1, 0.15) is 0 Å². The van der Waals surface area contributed by atoms with Crippen molar-refractivity contribution in [3.8, 4) is 0 Å². The Morgan fingerprint density at radius 3 is 2.55 bits per heavy atom. The Kier molecular flexibility index (Phi) is 6.73. The molecule has 0 aliphatic heterocycles. The fourth-order valence-corrected chi connectivity index (χ4v) is 1.64. The van der Waals surface area contributed by atoms with Crippen molar-refractivity contribution in [3.05, 3.63) is 35.4 Å². The third-order valence-corrected chi connectivity index (χ3v) is 2.73. The van der Waals surface area contributed by atoms with Crippen LogP contribution in [0.4, 0.5) is 0 Å². The summed E-state index contributed by atoms with van der Waals surface area (Å²) in [6.45, 7) is 4.97. The molecule has 0 radical (unpaired) electrons. The van der Waals surface area contributed by atoms with E-state index in [4.69, 9.17) is 4.74 Å². The number of methoxy groups -OCH3 is 1. The Bertz CT molecular complexity index is 458. The summed E-state index contributed by atoms with van der Waals surface area (Å²) in [5.41, 5.74) is 1.54. The van der Waals surface area contributed by atoms with E-state index in [1.807, 2.05) is 26.0 Å². The Balaban J connectivity index is 2.39. The molecule has 0 atom stereocenters. The summed E-state index contributed by atoms with van der Waals surface area (Å²) in [5, 5.41) is 5.52. The van der Waals surface area contributed by atoms with Crippen LogP contribution >= 0.6 is 0 Å². The molecule has 20 heavy (non-hydrogen) atoms. The van der Waals surface area contributed by atoms with Crippen molar-refractivity contribution in [2.45, 2.75) is 20.5 Å². The van der Waals surface area contributed by atoms with Gasteiger partial charge in [-0.15, -0.1) is 0 Å². The zero-order chi connectivity index (χ0) is 15.0. The second-order valence-corrected chi connectivity index (χ2v) is 4.84. The van der Waals surface area contributed by atoms with Gasteiger partial charge in [-0.1, -0.05) is 26.0 Å². The normalized spacial score (nSPS) is 10.4. The first kappa shape index (κ1) is 16.2. The SMILES string of the molecule is COCc1cccc(C(=O)NCCNC(=O)C(C)C)c1. The predicted molar refractivity (Wildman–Crippen MR) is 77.3 cm³/mol. The molecule has 0 bridgehead atoms. The first-order chi connectivity index (χ1) is 9.54. The molecule has 1 aromatic rings. The van der Waals surface area contributed by atoms with Crippen LogP contribution in [0.2, 0.25) is 0 Å². The maximum absolute atomic E-state index is 11.9. The Morgan fingerprint density at radius 2 is 1.90 bits per heavy atom. The van der Waals surface area contributed by atoms with E-state index < -0.39 is 0 Å². The number of hydrogen-bond acceptors (Lipinski definition) is 3. The standard InChI is InChI=1S/C15H22N2O3/c1-11(2)14(18)16-7-8-17-15(19)13-6-4-5-12(9-13)10-20-3/h4-6,9,11H,7-8,10H2,1-3H3,(H,16,18)(H,17,19). The van der Waals surface area contributed by atoms with Gasteiger partial charge in [0.25, 0.3) is 5.91 Å². The minimum absolute atomic E-state index is 0.0126. The molecule has 0 saturated heterocycles. The minimum Gasteiger partial charge on any atom is -0.380 e. The van der Waals surface area contributed by atoms with E-state index in [0.717, 1.165) is 5.56 Å². The fourth-order valence-electron chi connectivity index (χ4n) is 1.64. The van der Waals surface area contributed by atoms with Crippen molar-refractivity contribution in [2.75, 3.05) is 20.2 Å². The van der Waals surface area contributed by atoms with Gasteiger partial charge < -0.3 is 15.4 Å². The number of carbonyl (C=O) groups excluding carboxylic acids is 2. The van der Waals surface area contributed by atoms with Crippen molar-refractivity contribution in [1.82, 2.24) is 10.6 Å². The lowest BCUT2D eigenvalue weighted by Gasteiger charge is -2.09. The molecule has 0 fully saturated rings. The number of ether oxygens (including phenoxy) is 1. The molecule has 0 spiro atoms. The lowest BCUT2D eigenvalue weighted by atomic mass is 10.1. The number of benzene rings is 1. The first-order valence-corrected chi connectivity index (χ1v) is 6.68. The average molecular weight is 278 g/mol. The maximum atomic E-state index is 11.9. The van der Waals surface area contributed by atoms with E-state index in [-0.39, 0.29) is 17.7 Å². The van der Waals surface area contributed by atoms with Crippen molar-refractivity contribution in [2.24, 2.45) is 5.92 Å². The van der Waals surface area contributed by atoms with Crippen LogP contribution in [0.1, 0.15) is 29.8 Å². The number of carbonyl (C=O) groups is 2. The van der Waals surface area contributed by atoms with Crippen LogP contribution in [0.5, 0.6) is 0 Å². The van der Waals surface area contributed by atoms with Gasteiger partial charge >= 0.3 is 0 Å². The molecule has 1 aromatic carbocycles. The quantitative estimate of drug-likeness (QED) is 0.740. The summed E-state index contributed by atoms with van der Waals surface area (Å²) in [7, 11) is 1.62. The minimum atomic E-state index is -0.151. The Morgan fingerprint density at radius 1 is 1.20 bits per heavy atom. The molecule has 0 aliphatic rings. The van der Waals surface area contributed by atoms with E-state index >= 15 is 0 Å². The maximum Gasteiger partial charge on any atom is 0.251 e. The third kappa shape index (κ3) is 5.40. The molecule has 5 nitrogen and oxygen atoms in total. The third-order valence-electron chi connectivity index (χ3n) is 2.73. The first-order valence-electron chi connectivity index (χ1n) is 6.68. The summed E-state index contributed by atoms with van der Waals surface area (Å²) in [6, 6.07) is 7.28. The van der Waals surface area contributed by atoms with Crippen molar-refractivity contribution in [3.63, 3.8) is 0 Å². The molecule has 110 valence electrons. The predicted octanol–water partition coefficient (Wildman–Crippen LogP) is 1.33. The lowest BCUT2D eigenvalue weighted by Crippen LogP contribution is -2.36. The molecule has 1 rings (SSSR count). The largest absolute Gasteiger partial charge is 0.380 e. The van der Waals surface area contributed by atoms with E-state index in [1.54, 1.807) is 19.2 Å². The van der Waals surface area contributed by atoms with Gasteiger partial charge in [0, 0.05) is 31.7 Å².